The summed E-state index contributed by atoms with van der Waals surface area (Å²) in [4.78, 5) is 4.01. The van der Waals surface area contributed by atoms with E-state index >= 15 is 0 Å². The molecule has 1 aliphatic rings. The molecule has 92 valence electrons. The molecule has 1 heterocycles. The fourth-order valence-electron chi connectivity index (χ4n) is 1.82. The van der Waals surface area contributed by atoms with Gasteiger partial charge in [0.1, 0.15) is 5.84 Å². The van der Waals surface area contributed by atoms with Gasteiger partial charge in [0.15, 0.2) is 17.3 Å². The highest BCUT2D eigenvalue weighted by Gasteiger charge is 2.24. The molecule has 2 N–H and O–H groups in total. The van der Waals surface area contributed by atoms with E-state index in [1.54, 1.807) is 13.0 Å². The van der Waals surface area contributed by atoms with Gasteiger partial charge in [-0.25, -0.2) is 4.39 Å². The second-order valence-electron chi connectivity index (χ2n) is 3.61. The minimum atomic E-state index is -0.419. The van der Waals surface area contributed by atoms with Crippen molar-refractivity contribution >= 4 is 5.84 Å². The van der Waals surface area contributed by atoms with Crippen molar-refractivity contribution < 1.29 is 13.9 Å². The maximum atomic E-state index is 14.2. The summed E-state index contributed by atoms with van der Waals surface area (Å²) in [6.07, 6.45) is 0. The zero-order valence-electron chi connectivity index (χ0n) is 9.92. The lowest BCUT2D eigenvalue weighted by molar-refractivity contribution is 0.275. The van der Waals surface area contributed by atoms with Crippen LogP contribution in [0.3, 0.4) is 0 Å². The van der Waals surface area contributed by atoms with Crippen LogP contribution in [-0.2, 0) is 6.54 Å². The summed E-state index contributed by atoms with van der Waals surface area (Å²) in [6.45, 7) is 4.71. The summed E-state index contributed by atoms with van der Waals surface area (Å²) in [5.41, 5.74) is 6.78. The molecule has 0 fully saturated rings. The molecule has 4 nitrogen and oxygen atoms in total. The fraction of sp³-hybridized carbons (Fsp3) is 0.417. The molecule has 5 heteroatoms. The molecule has 2 rings (SSSR count). The van der Waals surface area contributed by atoms with Crippen molar-refractivity contribution in [1.82, 2.24) is 0 Å². The van der Waals surface area contributed by atoms with Gasteiger partial charge in [0, 0.05) is 11.1 Å². The number of fused-ring (bicyclic) bond motifs is 1. The molecular formula is C12H15FN2O2. The molecule has 17 heavy (non-hydrogen) atoms. The van der Waals surface area contributed by atoms with Gasteiger partial charge in [-0.15, -0.1) is 0 Å². The summed E-state index contributed by atoms with van der Waals surface area (Å²) in [7, 11) is 0. The SMILES string of the molecule is CCOc1cc2c(c(F)c1OCC)CN=C2N. The number of nitrogens with zero attached hydrogens (tertiary/aromatic N) is 1. The number of nitrogens with two attached hydrogens (primary N) is 1. The van der Waals surface area contributed by atoms with Crippen LogP contribution in [-0.4, -0.2) is 19.0 Å². The minimum absolute atomic E-state index is 0.151. The predicted octanol–water partition coefficient (Wildman–Crippen LogP) is 1.84. The highest BCUT2D eigenvalue weighted by atomic mass is 19.1. The number of aliphatic imine (C=N–C) groups is 1. The Morgan fingerprint density at radius 3 is 2.71 bits per heavy atom. The van der Waals surface area contributed by atoms with Crippen LogP contribution in [0.15, 0.2) is 11.1 Å². The molecule has 0 aliphatic carbocycles. The van der Waals surface area contributed by atoms with E-state index in [2.05, 4.69) is 4.99 Å². The predicted molar refractivity (Wildman–Crippen MR) is 63.2 cm³/mol. The zero-order chi connectivity index (χ0) is 12.4. The number of amidine groups is 1. The Labute approximate surface area is 99.2 Å². The summed E-state index contributed by atoms with van der Waals surface area (Å²) >= 11 is 0. The van der Waals surface area contributed by atoms with Gasteiger partial charge >= 0.3 is 0 Å². The van der Waals surface area contributed by atoms with Gasteiger partial charge in [-0.05, 0) is 19.9 Å². The Hall–Kier alpha value is -1.78. The molecule has 0 saturated carbocycles. The zero-order valence-corrected chi connectivity index (χ0v) is 9.92. The van der Waals surface area contributed by atoms with Gasteiger partial charge < -0.3 is 15.2 Å². The van der Waals surface area contributed by atoms with Crippen LogP contribution in [0.25, 0.3) is 0 Å². The minimum Gasteiger partial charge on any atom is -0.490 e. The van der Waals surface area contributed by atoms with Crippen LogP contribution >= 0.6 is 0 Å². The van der Waals surface area contributed by atoms with E-state index in [9.17, 15) is 4.39 Å². The summed E-state index contributed by atoms with van der Waals surface area (Å²) in [5, 5.41) is 0. The number of rotatable bonds is 4. The Morgan fingerprint density at radius 2 is 2.06 bits per heavy atom. The van der Waals surface area contributed by atoms with E-state index < -0.39 is 5.82 Å². The Bertz CT molecular complexity index is 472. The average Bonchev–Trinajstić information content (AvgIpc) is 2.67. The molecule has 0 atom stereocenters. The normalized spacial score (nSPS) is 13.2. The van der Waals surface area contributed by atoms with E-state index in [0.29, 0.717) is 35.9 Å². The lowest BCUT2D eigenvalue weighted by Crippen LogP contribution is -2.12. The van der Waals surface area contributed by atoms with Crippen LogP contribution in [0.5, 0.6) is 11.5 Å². The number of hydrogen-bond acceptors (Lipinski definition) is 4. The molecule has 0 unspecified atom stereocenters. The molecule has 0 saturated heterocycles. The fourth-order valence-corrected chi connectivity index (χ4v) is 1.82. The van der Waals surface area contributed by atoms with Crippen LogP contribution in [0.1, 0.15) is 25.0 Å². The maximum absolute atomic E-state index is 14.2. The third-order valence-electron chi connectivity index (χ3n) is 2.56. The molecular weight excluding hydrogens is 223 g/mol. The quantitative estimate of drug-likeness (QED) is 0.870. The van der Waals surface area contributed by atoms with Crippen molar-refractivity contribution in [2.24, 2.45) is 10.7 Å². The van der Waals surface area contributed by atoms with Crippen molar-refractivity contribution in [1.29, 1.82) is 0 Å². The van der Waals surface area contributed by atoms with Crippen LogP contribution in [0.2, 0.25) is 0 Å². The van der Waals surface area contributed by atoms with Gasteiger partial charge in [-0.2, -0.15) is 0 Å². The third kappa shape index (κ3) is 1.92. The maximum Gasteiger partial charge on any atom is 0.197 e. The van der Waals surface area contributed by atoms with Crippen molar-refractivity contribution in [3.05, 3.63) is 23.0 Å². The Balaban J connectivity index is 2.53. The van der Waals surface area contributed by atoms with E-state index in [1.807, 2.05) is 6.92 Å². The van der Waals surface area contributed by atoms with Gasteiger partial charge in [0.05, 0.1) is 19.8 Å². The molecule has 0 aromatic heterocycles. The van der Waals surface area contributed by atoms with Crippen LogP contribution < -0.4 is 15.2 Å². The van der Waals surface area contributed by atoms with E-state index in [1.165, 1.54) is 0 Å². The van der Waals surface area contributed by atoms with Crippen LogP contribution in [0.4, 0.5) is 4.39 Å². The highest BCUT2D eigenvalue weighted by molar-refractivity contribution is 6.01. The van der Waals surface area contributed by atoms with E-state index in [0.717, 1.165) is 0 Å². The van der Waals surface area contributed by atoms with E-state index in [4.69, 9.17) is 15.2 Å². The summed E-state index contributed by atoms with van der Waals surface area (Å²) in [5.74, 6) is 0.462. The molecule has 0 spiro atoms. The first-order valence-electron chi connectivity index (χ1n) is 5.60. The first kappa shape index (κ1) is 11.7. The molecule has 0 radical (unpaired) electrons. The standard InChI is InChI=1S/C12H15FN2O2/c1-3-16-9-5-7-8(6-15-12(7)14)10(13)11(9)17-4-2/h5H,3-4,6H2,1-2H3,(H2,14,15). The number of ether oxygens (including phenoxy) is 2. The van der Waals surface area contributed by atoms with E-state index in [-0.39, 0.29) is 12.3 Å². The highest BCUT2D eigenvalue weighted by Crippen LogP contribution is 2.37. The first-order chi connectivity index (χ1) is 8.19. The van der Waals surface area contributed by atoms with Crippen molar-refractivity contribution in [3.63, 3.8) is 0 Å². The Kier molecular flexibility index (Phi) is 3.17. The van der Waals surface area contributed by atoms with Gasteiger partial charge in [-0.1, -0.05) is 0 Å². The third-order valence-corrected chi connectivity index (χ3v) is 2.56. The average molecular weight is 238 g/mol. The summed E-state index contributed by atoms with van der Waals surface area (Å²) < 4.78 is 24.8. The van der Waals surface area contributed by atoms with Crippen molar-refractivity contribution in [3.8, 4) is 11.5 Å². The topological polar surface area (TPSA) is 56.8 Å². The number of benzene rings is 1. The lowest BCUT2D eigenvalue weighted by Gasteiger charge is -2.14. The van der Waals surface area contributed by atoms with Gasteiger partial charge in [0.25, 0.3) is 0 Å². The number of hydrogen-bond donors (Lipinski definition) is 1. The molecule has 0 amide bonds. The van der Waals surface area contributed by atoms with Gasteiger partial charge in [-0.3, -0.25) is 4.99 Å². The second kappa shape index (κ2) is 4.61. The van der Waals surface area contributed by atoms with Gasteiger partial charge in [0.2, 0.25) is 0 Å². The smallest absolute Gasteiger partial charge is 0.197 e. The van der Waals surface area contributed by atoms with Crippen molar-refractivity contribution in [2.45, 2.75) is 20.4 Å². The second-order valence-corrected chi connectivity index (χ2v) is 3.61. The molecule has 1 aromatic carbocycles. The largest absolute Gasteiger partial charge is 0.490 e. The molecule has 1 aromatic rings. The summed E-state index contributed by atoms with van der Waals surface area (Å²) in [6, 6.07) is 1.69. The van der Waals surface area contributed by atoms with Crippen molar-refractivity contribution in [2.75, 3.05) is 13.2 Å². The Morgan fingerprint density at radius 1 is 1.35 bits per heavy atom. The molecule has 0 bridgehead atoms. The number of halogens is 1. The van der Waals surface area contributed by atoms with Crippen LogP contribution in [0, 0.1) is 5.82 Å². The first-order valence-corrected chi connectivity index (χ1v) is 5.60. The monoisotopic (exact) mass is 238 g/mol. The molecule has 1 aliphatic heterocycles. The lowest BCUT2D eigenvalue weighted by atomic mass is 10.1.